The van der Waals surface area contributed by atoms with Crippen LogP contribution in [0.1, 0.15) is 50.1 Å². The molecule has 8 heteroatoms. The molecule has 3 N–H and O–H groups in total. The molecule has 2 amide bonds. The molecule has 0 bridgehead atoms. The molecule has 0 aliphatic carbocycles. The fraction of sp³-hybridized carbons (Fsp3) is 0.409. The first-order valence-corrected chi connectivity index (χ1v) is 10.2. The smallest absolute Gasteiger partial charge is 0.323 e. The number of hydrogen-bond donors (Lipinski definition) is 3. The number of hydrogen-bond acceptors (Lipinski definition) is 5. The summed E-state index contributed by atoms with van der Waals surface area (Å²) in [4.78, 5) is 22.9. The van der Waals surface area contributed by atoms with Crippen molar-refractivity contribution < 1.29 is 15.0 Å². The molecular formula is C22H27ClN4O3. The largest absolute Gasteiger partial charge is 0.393 e. The molecule has 1 atom stereocenters. The zero-order valence-electron chi connectivity index (χ0n) is 17.4. The molecule has 0 radical (unpaired) electrons. The summed E-state index contributed by atoms with van der Waals surface area (Å²) in [5.74, 6) is 0.519. The number of rotatable bonds is 4. The number of nitrogens with one attached hydrogen (secondary N) is 1. The topological polar surface area (TPSA) is 98.6 Å². The molecule has 0 saturated heterocycles. The van der Waals surface area contributed by atoms with Crippen LogP contribution in [-0.2, 0) is 5.41 Å². The maximum Gasteiger partial charge on any atom is 0.323 e. The number of anilines is 1. The Morgan fingerprint density at radius 2 is 2.07 bits per heavy atom. The van der Waals surface area contributed by atoms with Crippen LogP contribution in [0.3, 0.4) is 0 Å². The minimum atomic E-state index is -1.00. The number of halogens is 1. The molecule has 2 aromatic heterocycles. The average Bonchev–Trinajstić information content (AvgIpc) is 2.73. The standard InChI is InChI=1S/C22H27ClN4O3/c1-22(2,3)16-4-5-19(24-12-16)26-21(30)27-8-6-14(7-9-27)20-17(23)10-15(11-25-20)18(29)13-28/h4-6,10-12,18,28-29H,7-9,13H2,1-3H3,(H,24,26,30)/t18-/m0/s1. The third-order valence-corrected chi connectivity index (χ3v) is 5.37. The molecule has 3 heterocycles. The predicted molar refractivity (Wildman–Crippen MR) is 117 cm³/mol. The van der Waals surface area contributed by atoms with Gasteiger partial charge in [0.1, 0.15) is 11.9 Å². The van der Waals surface area contributed by atoms with Crippen LogP contribution in [0.25, 0.3) is 5.57 Å². The summed E-state index contributed by atoms with van der Waals surface area (Å²) in [6.07, 6.45) is 4.83. The number of carbonyl (C=O) groups is 1. The van der Waals surface area contributed by atoms with Crippen LogP contribution in [0.2, 0.25) is 5.02 Å². The molecule has 3 rings (SSSR count). The van der Waals surface area contributed by atoms with Crippen LogP contribution in [0.4, 0.5) is 10.6 Å². The molecule has 0 spiro atoms. The van der Waals surface area contributed by atoms with E-state index in [4.69, 9.17) is 16.7 Å². The fourth-order valence-corrected chi connectivity index (χ4v) is 3.44. The zero-order chi connectivity index (χ0) is 21.9. The summed E-state index contributed by atoms with van der Waals surface area (Å²) in [7, 11) is 0. The Balaban J connectivity index is 1.63. The lowest BCUT2D eigenvalue weighted by molar-refractivity contribution is 0.0953. The van der Waals surface area contributed by atoms with E-state index < -0.39 is 12.7 Å². The highest BCUT2D eigenvalue weighted by atomic mass is 35.5. The van der Waals surface area contributed by atoms with E-state index in [2.05, 4.69) is 36.1 Å². The number of amides is 2. The molecule has 1 aliphatic rings. The summed E-state index contributed by atoms with van der Waals surface area (Å²) in [5, 5.41) is 22.0. The van der Waals surface area contributed by atoms with E-state index in [1.54, 1.807) is 17.2 Å². The molecule has 2 aromatic rings. The number of carbonyl (C=O) groups excluding carboxylic acids is 1. The van der Waals surface area contributed by atoms with Crippen molar-refractivity contribution in [3.8, 4) is 0 Å². The van der Waals surface area contributed by atoms with Gasteiger partial charge in [0.2, 0.25) is 0 Å². The van der Waals surface area contributed by atoms with Crippen molar-refractivity contribution >= 4 is 29.0 Å². The first kappa shape index (κ1) is 22.2. The van der Waals surface area contributed by atoms with Crippen LogP contribution in [-0.4, -0.2) is 50.8 Å². The average molecular weight is 431 g/mol. The summed E-state index contributed by atoms with van der Waals surface area (Å²) >= 11 is 6.32. The Kier molecular flexibility index (Phi) is 6.75. The van der Waals surface area contributed by atoms with Crippen molar-refractivity contribution in [2.75, 3.05) is 25.0 Å². The molecule has 160 valence electrons. The Morgan fingerprint density at radius 1 is 1.30 bits per heavy atom. The van der Waals surface area contributed by atoms with Gasteiger partial charge in [0.15, 0.2) is 0 Å². The molecule has 30 heavy (non-hydrogen) atoms. The minimum Gasteiger partial charge on any atom is -0.393 e. The van der Waals surface area contributed by atoms with E-state index >= 15 is 0 Å². The molecule has 0 saturated carbocycles. The highest BCUT2D eigenvalue weighted by Gasteiger charge is 2.21. The van der Waals surface area contributed by atoms with Crippen molar-refractivity contribution in [2.45, 2.75) is 38.7 Å². The third kappa shape index (κ3) is 5.16. The lowest BCUT2D eigenvalue weighted by Crippen LogP contribution is -2.38. The second kappa shape index (κ2) is 9.12. The molecule has 1 aliphatic heterocycles. The molecule has 0 fully saturated rings. The molecule has 0 aromatic carbocycles. The highest BCUT2D eigenvalue weighted by molar-refractivity contribution is 6.32. The van der Waals surface area contributed by atoms with Gasteiger partial charge in [0.25, 0.3) is 0 Å². The van der Waals surface area contributed by atoms with Crippen LogP contribution in [0.5, 0.6) is 0 Å². The van der Waals surface area contributed by atoms with Gasteiger partial charge in [-0.05, 0) is 35.1 Å². The van der Waals surface area contributed by atoms with E-state index in [-0.39, 0.29) is 11.4 Å². The Bertz CT molecular complexity index is 938. The number of aromatic nitrogens is 2. The number of urea groups is 1. The van der Waals surface area contributed by atoms with Gasteiger partial charge in [-0.15, -0.1) is 0 Å². The van der Waals surface area contributed by atoms with Crippen molar-refractivity contribution in [2.24, 2.45) is 0 Å². The van der Waals surface area contributed by atoms with E-state index in [0.29, 0.717) is 41.6 Å². The fourth-order valence-electron chi connectivity index (χ4n) is 3.15. The monoisotopic (exact) mass is 430 g/mol. The number of pyridine rings is 2. The SMILES string of the molecule is CC(C)(C)c1ccc(NC(=O)N2CC=C(c3ncc([C@@H](O)CO)cc3Cl)CC2)nc1. The van der Waals surface area contributed by atoms with Crippen molar-refractivity contribution in [1.82, 2.24) is 14.9 Å². The van der Waals surface area contributed by atoms with E-state index in [1.165, 1.54) is 6.20 Å². The Hall–Kier alpha value is -2.48. The van der Waals surface area contributed by atoms with E-state index in [9.17, 15) is 9.90 Å². The second-order valence-corrected chi connectivity index (χ2v) is 8.74. The summed E-state index contributed by atoms with van der Waals surface area (Å²) < 4.78 is 0. The summed E-state index contributed by atoms with van der Waals surface area (Å²) in [5.41, 5.74) is 3.15. The van der Waals surface area contributed by atoms with Gasteiger partial charge in [0.05, 0.1) is 17.3 Å². The first-order chi connectivity index (χ1) is 14.2. The van der Waals surface area contributed by atoms with Crippen molar-refractivity contribution in [3.63, 3.8) is 0 Å². The van der Waals surface area contributed by atoms with Gasteiger partial charge < -0.3 is 15.1 Å². The lowest BCUT2D eigenvalue weighted by atomic mass is 9.88. The maximum absolute atomic E-state index is 12.6. The maximum atomic E-state index is 12.6. The van der Waals surface area contributed by atoms with E-state index in [0.717, 1.165) is 11.1 Å². The van der Waals surface area contributed by atoms with Crippen LogP contribution in [0, 0.1) is 0 Å². The highest BCUT2D eigenvalue weighted by Crippen LogP contribution is 2.29. The third-order valence-electron chi connectivity index (χ3n) is 5.09. The van der Waals surface area contributed by atoms with Gasteiger partial charge in [-0.1, -0.05) is 44.5 Å². The second-order valence-electron chi connectivity index (χ2n) is 8.34. The summed E-state index contributed by atoms with van der Waals surface area (Å²) in [6, 6.07) is 5.19. The minimum absolute atomic E-state index is 0.00724. The first-order valence-electron chi connectivity index (χ1n) is 9.85. The van der Waals surface area contributed by atoms with Crippen LogP contribution < -0.4 is 5.32 Å². The molecule has 0 unspecified atom stereocenters. The van der Waals surface area contributed by atoms with Crippen LogP contribution >= 0.6 is 11.6 Å². The summed E-state index contributed by atoms with van der Waals surface area (Å²) in [6.45, 7) is 6.91. The van der Waals surface area contributed by atoms with Gasteiger partial charge in [-0.25, -0.2) is 9.78 Å². The number of aliphatic hydroxyl groups excluding tert-OH is 2. The quantitative estimate of drug-likeness (QED) is 0.685. The number of nitrogens with zero attached hydrogens (tertiary/aromatic N) is 3. The van der Waals surface area contributed by atoms with Gasteiger partial charge >= 0.3 is 6.03 Å². The Morgan fingerprint density at radius 3 is 2.60 bits per heavy atom. The predicted octanol–water partition coefficient (Wildman–Crippen LogP) is 3.77. The van der Waals surface area contributed by atoms with Gasteiger partial charge in [0, 0.05) is 31.0 Å². The zero-order valence-corrected chi connectivity index (χ0v) is 18.1. The van der Waals surface area contributed by atoms with E-state index in [1.807, 2.05) is 18.2 Å². The normalized spacial score (nSPS) is 15.5. The van der Waals surface area contributed by atoms with Crippen molar-refractivity contribution in [1.29, 1.82) is 0 Å². The van der Waals surface area contributed by atoms with Crippen LogP contribution in [0.15, 0.2) is 36.7 Å². The lowest BCUT2D eigenvalue weighted by Gasteiger charge is -2.27. The van der Waals surface area contributed by atoms with Gasteiger partial charge in [-0.2, -0.15) is 0 Å². The molecule has 7 nitrogen and oxygen atoms in total. The molecular weight excluding hydrogens is 404 g/mol. The number of aliphatic hydroxyl groups is 2. The Labute approximate surface area is 181 Å². The van der Waals surface area contributed by atoms with Crippen molar-refractivity contribution in [3.05, 3.63) is 58.5 Å². The van der Waals surface area contributed by atoms with Gasteiger partial charge in [-0.3, -0.25) is 10.3 Å².